The first-order valence-corrected chi connectivity index (χ1v) is 10.0. The van der Waals surface area contributed by atoms with E-state index in [1.54, 1.807) is 7.11 Å². The average molecular weight is 382 g/mol. The molecule has 2 aromatic carbocycles. The van der Waals surface area contributed by atoms with Crippen LogP contribution in [0.15, 0.2) is 48.5 Å². The summed E-state index contributed by atoms with van der Waals surface area (Å²) in [6.07, 6.45) is 1.84. The second kappa shape index (κ2) is 9.60. The normalized spacial score (nSPS) is 16.0. The fraction of sp³-hybridized carbons (Fsp3) is 0.435. The lowest BCUT2D eigenvalue weighted by Gasteiger charge is -2.33. The molecule has 0 saturated heterocycles. The Morgan fingerprint density at radius 1 is 1.14 bits per heavy atom. The van der Waals surface area contributed by atoms with Crippen molar-refractivity contribution in [2.75, 3.05) is 20.2 Å². The number of carbonyl (C=O) groups excluding carboxylic acids is 1. The summed E-state index contributed by atoms with van der Waals surface area (Å²) in [5.74, 6) is 0.839. The van der Waals surface area contributed by atoms with E-state index >= 15 is 0 Å². The molecule has 2 amide bonds. The summed E-state index contributed by atoms with van der Waals surface area (Å²) in [7, 11) is 1.66. The number of methoxy groups -OCH3 is 1. The predicted octanol–water partition coefficient (Wildman–Crippen LogP) is 3.37. The SMILES string of the molecule is COc1cccc(CC(C)NC(=O)NCC(C)N2CCc3ccccc3C2)c1. The third kappa shape index (κ3) is 5.49. The number of hydrogen-bond acceptors (Lipinski definition) is 3. The molecule has 0 saturated carbocycles. The first-order chi connectivity index (χ1) is 13.5. The van der Waals surface area contributed by atoms with Gasteiger partial charge < -0.3 is 15.4 Å². The first-order valence-electron chi connectivity index (χ1n) is 10.0. The number of fused-ring (bicyclic) bond motifs is 1. The number of carbonyl (C=O) groups is 1. The van der Waals surface area contributed by atoms with Crippen LogP contribution in [0, 0.1) is 0 Å². The van der Waals surface area contributed by atoms with E-state index in [4.69, 9.17) is 4.74 Å². The molecule has 2 N–H and O–H groups in total. The van der Waals surface area contributed by atoms with Gasteiger partial charge >= 0.3 is 6.03 Å². The quantitative estimate of drug-likeness (QED) is 0.773. The molecule has 1 aliphatic heterocycles. The zero-order valence-corrected chi connectivity index (χ0v) is 17.1. The minimum atomic E-state index is -0.111. The monoisotopic (exact) mass is 381 g/mol. The molecule has 2 atom stereocenters. The smallest absolute Gasteiger partial charge is 0.315 e. The Kier molecular flexibility index (Phi) is 6.93. The van der Waals surface area contributed by atoms with E-state index < -0.39 is 0 Å². The second-order valence-corrected chi connectivity index (χ2v) is 7.65. The largest absolute Gasteiger partial charge is 0.497 e. The highest BCUT2D eigenvalue weighted by atomic mass is 16.5. The summed E-state index contributed by atoms with van der Waals surface area (Å²) < 4.78 is 5.26. The van der Waals surface area contributed by atoms with Gasteiger partial charge in [0.05, 0.1) is 7.11 Å². The van der Waals surface area contributed by atoms with Crippen LogP contribution in [0.4, 0.5) is 4.79 Å². The maximum atomic E-state index is 12.3. The minimum absolute atomic E-state index is 0.0456. The topological polar surface area (TPSA) is 53.6 Å². The van der Waals surface area contributed by atoms with Crippen molar-refractivity contribution in [3.63, 3.8) is 0 Å². The van der Waals surface area contributed by atoms with Crippen molar-refractivity contribution >= 4 is 6.03 Å². The molecule has 0 bridgehead atoms. The van der Waals surface area contributed by atoms with E-state index in [1.165, 1.54) is 11.1 Å². The standard InChI is InChI=1S/C23H31N3O2/c1-17(13-19-7-6-10-22(14-19)28-3)25-23(27)24-15-18(2)26-12-11-20-8-4-5-9-21(20)16-26/h4-10,14,17-18H,11-13,15-16H2,1-3H3,(H2,24,25,27). The number of urea groups is 1. The summed E-state index contributed by atoms with van der Waals surface area (Å²) in [5.41, 5.74) is 3.99. The molecule has 0 radical (unpaired) electrons. The van der Waals surface area contributed by atoms with E-state index in [-0.39, 0.29) is 12.1 Å². The van der Waals surface area contributed by atoms with Gasteiger partial charge in [0.2, 0.25) is 0 Å². The molecule has 2 aromatic rings. The van der Waals surface area contributed by atoms with Crippen LogP contribution < -0.4 is 15.4 Å². The van der Waals surface area contributed by atoms with Crippen LogP contribution in [0.3, 0.4) is 0 Å². The zero-order chi connectivity index (χ0) is 19.9. The van der Waals surface area contributed by atoms with E-state index in [9.17, 15) is 4.79 Å². The van der Waals surface area contributed by atoms with Crippen molar-refractivity contribution in [1.29, 1.82) is 0 Å². The molecule has 0 fully saturated rings. The Morgan fingerprint density at radius 2 is 1.93 bits per heavy atom. The number of benzene rings is 2. The molecular formula is C23H31N3O2. The van der Waals surface area contributed by atoms with Crippen molar-refractivity contribution in [3.8, 4) is 5.75 Å². The fourth-order valence-electron chi connectivity index (χ4n) is 3.74. The molecular weight excluding hydrogens is 350 g/mol. The van der Waals surface area contributed by atoms with E-state index in [1.807, 2.05) is 25.1 Å². The first kappa shape index (κ1) is 20.2. The summed E-state index contributed by atoms with van der Waals surface area (Å²) in [5, 5.41) is 6.06. The Labute approximate surface area is 168 Å². The highest BCUT2D eigenvalue weighted by molar-refractivity contribution is 5.74. The number of rotatable bonds is 7. The van der Waals surface area contributed by atoms with Crippen LogP contribution in [0.1, 0.15) is 30.5 Å². The third-order valence-corrected chi connectivity index (χ3v) is 5.40. The fourth-order valence-corrected chi connectivity index (χ4v) is 3.74. The Balaban J connectivity index is 1.42. The molecule has 0 spiro atoms. The molecule has 3 rings (SSSR count). The number of ether oxygens (including phenoxy) is 1. The van der Waals surface area contributed by atoms with E-state index in [0.29, 0.717) is 12.6 Å². The lowest BCUT2D eigenvalue weighted by atomic mass is 9.99. The van der Waals surface area contributed by atoms with Crippen molar-refractivity contribution < 1.29 is 9.53 Å². The van der Waals surface area contributed by atoms with Crippen LogP contribution in [0.2, 0.25) is 0 Å². The van der Waals surface area contributed by atoms with Gasteiger partial charge in [-0.3, -0.25) is 4.90 Å². The lowest BCUT2D eigenvalue weighted by molar-refractivity contribution is 0.184. The lowest BCUT2D eigenvalue weighted by Crippen LogP contribution is -2.48. The van der Waals surface area contributed by atoms with Gasteiger partial charge in [-0.05, 0) is 55.5 Å². The van der Waals surface area contributed by atoms with Gasteiger partial charge in [0.1, 0.15) is 5.75 Å². The molecule has 28 heavy (non-hydrogen) atoms. The Morgan fingerprint density at radius 3 is 2.71 bits per heavy atom. The van der Waals surface area contributed by atoms with E-state index in [0.717, 1.165) is 37.2 Å². The summed E-state index contributed by atoms with van der Waals surface area (Å²) in [4.78, 5) is 14.7. The summed E-state index contributed by atoms with van der Waals surface area (Å²) in [6, 6.07) is 16.8. The van der Waals surface area contributed by atoms with Crippen LogP contribution in [0.25, 0.3) is 0 Å². The second-order valence-electron chi connectivity index (χ2n) is 7.65. The molecule has 0 aromatic heterocycles. The number of nitrogens with zero attached hydrogens (tertiary/aromatic N) is 1. The number of hydrogen-bond donors (Lipinski definition) is 2. The van der Waals surface area contributed by atoms with Gasteiger partial charge in [-0.2, -0.15) is 0 Å². The van der Waals surface area contributed by atoms with Gasteiger partial charge in [-0.25, -0.2) is 4.79 Å². The maximum absolute atomic E-state index is 12.3. The average Bonchev–Trinajstić information content (AvgIpc) is 2.71. The summed E-state index contributed by atoms with van der Waals surface area (Å²) in [6.45, 7) is 6.82. The number of nitrogens with one attached hydrogen (secondary N) is 2. The van der Waals surface area contributed by atoms with Crippen molar-refractivity contribution in [2.24, 2.45) is 0 Å². The molecule has 0 aliphatic carbocycles. The van der Waals surface area contributed by atoms with Crippen molar-refractivity contribution in [1.82, 2.24) is 15.5 Å². The van der Waals surface area contributed by atoms with Gasteiger partial charge in [-0.1, -0.05) is 36.4 Å². The molecule has 1 heterocycles. The molecule has 1 aliphatic rings. The predicted molar refractivity (Wildman–Crippen MR) is 113 cm³/mol. The Hall–Kier alpha value is -2.53. The third-order valence-electron chi connectivity index (χ3n) is 5.40. The summed E-state index contributed by atoms with van der Waals surface area (Å²) >= 11 is 0. The molecule has 5 nitrogen and oxygen atoms in total. The molecule has 150 valence electrons. The number of amides is 2. The van der Waals surface area contributed by atoms with E-state index in [2.05, 4.69) is 52.8 Å². The Bertz CT molecular complexity index is 793. The van der Waals surface area contributed by atoms with Crippen molar-refractivity contribution in [2.45, 2.75) is 45.3 Å². The maximum Gasteiger partial charge on any atom is 0.315 e. The van der Waals surface area contributed by atoms with Gasteiger partial charge in [0.25, 0.3) is 0 Å². The van der Waals surface area contributed by atoms with Gasteiger partial charge in [0.15, 0.2) is 0 Å². The van der Waals surface area contributed by atoms with Crippen LogP contribution in [-0.4, -0.2) is 43.2 Å². The molecule has 2 unspecified atom stereocenters. The van der Waals surface area contributed by atoms with Gasteiger partial charge in [0, 0.05) is 31.7 Å². The highest BCUT2D eigenvalue weighted by Gasteiger charge is 2.20. The van der Waals surface area contributed by atoms with Crippen LogP contribution in [0.5, 0.6) is 5.75 Å². The van der Waals surface area contributed by atoms with Crippen LogP contribution >= 0.6 is 0 Å². The van der Waals surface area contributed by atoms with Crippen molar-refractivity contribution in [3.05, 3.63) is 65.2 Å². The van der Waals surface area contributed by atoms with Gasteiger partial charge in [-0.15, -0.1) is 0 Å². The zero-order valence-electron chi connectivity index (χ0n) is 17.1. The molecule has 5 heteroatoms. The minimum Gasteiger partial charge on any atom is -0.497 e. The van der Waals surface area contributed by atoms with Crippen LogP contribution in [-0.2, 0) is 19.4 Å². The highest BCUT2D eigenvalue weighted by Crippen LogP contribution is 2.20.